The molecule has 1 aliphatic rings. The maximum absolute atomic E-state index is 12.6. The highest BCUT2D eigenvalue weighted by molar-refractivity contribution is 8.27. The summed E-state index contributed by atoms with van der Waals surface area (Å²) in [7, 11) is 0. The zero-order valence-corrected chi connectivity index (χ0v) is 14.6. The summed E-state index contributed by atoms with van der Waals surface area (Å²) in [5.41, 5.74) is 1.19. The van der Waals surface area contributed by atoms with Crippen molar-refractivity contribution in [1.82, 2.24) is 0 Å². The summed E-state index contributed by atoms with van der Waals surface area (Å²) in [4.78, 5) is 35.5. The highest BCUT2D eigenvalue weighted by Gasteiger charge is 2.33. The molecule has 0 spiro atoms. The average Bonchev–Trinajstić information content (AvgIpc) is 2.89. The van der Waals surface area contributed by atoms with Gasteiger partial charge in [0, 0.05) is 12.1 Å². The lowest BCUT2D eigenvalue weighted by atomic mass is 10.2. The molecule has 2 aromatic rings. The molecule has 0 radical (unpaired) electrons. The lowest BCUT2D eigenvalue weighted by Crippen LogP contribution is -2.27. The second-order valence-electron chi connectivity index (χ2n) is 5.22. The Hall–Kier alpha value is -3.04. The summed E-state index contributed by atoms with van der Waals surface area (Å²) in [6, 6.07) is 11.6. The number of nitrogens with zero attached hydrogens (tertiary/aromatic N) is 2. The molecule has 2 aromatic carbocycles. The van der Waals surface area contributed by atoms with Gasteiger partial charge < -0.3 is 5.11 Å². The number of nitro groups is 1. The normalized spacial score (nSPS) is 15.5. The van der Waals surface area contributed by atoms with Crippen molar-refractivity contribution in [2.24, 2.45) is 0 Å². The molecular weight excluding hydrogens is 376 g/mol. The Bertz CT molecular complexity index is 952. The fourth-order valence-corrected chi connectivity index (χ4v) is 3.59. The zero-order valence-electron chi connectivity index (χ0n) is 13.0. The van der Waals surface area contributed by atoms with E-state index in [0.29, 0.717) is 20.5 Å². The van der Waals surface area contributed by atoms with Crippen LogP contribution in [0.15, 0.2) is 53.4 Å². The fraction of sp³-hybridized carbons (Fsp3) is 0. The molecule has 0 unspecified atom stereocenters. The van der Waals surface area contributed by atoms with Gasteiger partial charge in [0.2, 0.25) is 0 Å². The number of benzene rings is 2. The summed E-state index contributed by atoms with van der Waals surface area (Å²) >= 11 is 6.37. The van der Waals surface area contributed by atoms with Crippen molar-refractivity contribution in [3.8, 4) is 0 Å². The molecule has 1 aliphatic heterocycles. The zero-order chi connectivity index (χ0) is 18.8. The number of nitro benzene ring substituents is 1. The van der Waals surface area contributed by atoms with Crippen LogP contribution in [-0.4, -0.2) is 26.2 Å². The predicted molar refractivity (Wildman–Crippen MR) is 102 cm³/mol. The maximum Gasteiger partial charge on any atom is 0.335 e. The number of aromatic carboxylic acids is 1. The number of hydrogen-bond acceptors (Lipinski definition) is 6. The van der Waals surface area contributed by atoms with E-state index in [1.54, 1.807) is 18.2 Å². The summed E-state index contributed by atoms with van der Waals surface area (Å²) in [5, 5.41) is 19.6. The van der Waals surface area contributed by atoms with E-state index in [1.807, 2.05) is 0 Å². The van der Waals surface area contributed by atoms with E-state index in [1.165, 1.54) is 41.3 Å². The molecule has 1 N–H and O–H groups in total. The Balaban J connectivity index is 1.86. The summed E-state index contributed by atoms with van der Waals surface area (Å²) < 4.78 is 0.325. The highest BCUT2D eigenvalue weighted by atomic mass is 32.2. The second kappa shape index (κ2) is 7.06. The second-order valence-corrected chi connectivity index (χ2v) is 6.89. The standard InChI is InChI=1S/C17H10N2O5S2/c20-15-14(9-10-1-5-13(6-2-10)19(23)24)26-17(25)18(15)12-7-3-11(4-8-12)16(21)22/h1-9H,(H,21,22)/b14-9+. The number of carboxylic acids is 1. The molecule has 1 fully saturated rings. The largest absolute Gasteiger partial charge is 0.478 e. The van der Waals surface area contributed by atoms with Gasteiger partial charge in [-0.3, -0.25) is 19.8 Å². The van der Waals surface area contributed by atoms with Gasteiger partial charge in [-0.05, 0) is 48.0 Å². The Morgan fingerprint density at radius 2 is 1.77 bits per heavy atom. The van der Waals surface area contributed by atoms with Crippen LogP contribution in [0.4, 0.5) is 11.4 Å². The molecule has 0 bridgehead atoms. The van der Waals surface area contributed by atoms with E-state index in [9.17, 15) is 19.7 Å². The van der Waals surface area contributed by atoms with Crippen molar-refractivity contribution in [2.75, 3.05) is 4.90 Å². The fourth-order valence-electron chi connectivity index (χ4n) is 2.29. The van der Waals surface area contributed by atoms with Crippen LogP contribution in [0.2, 0.25) is 0 Å². The van der Waals surface area contributed by atoms with E-state index in [2.05, 4.69) is 0 Å². The van der Waals surface area contributed by atoms with Gasteiger partial charge in [-0.25, -0.2) is 4.79 Å². The van der Waals surface area contributed by atoms with Gasteiger partial charge >= 0.3 is 5.97 Å². The maximum atomic E-state index is 12.6. The van der Waals surface area contributed by atoms with Crippen LogP contribution in [0.1, 0.15) is 15.9 Å². The first-order valence-electron chi connectivity index (χ1n) is 7.22. The minimum Gasteiger partial charge on any atom is -0.478 e. The average molecular weight is 386 g/mol. The molecule has 26 heavy (non-hydrogen) atoms. The first-order chi connectivity index (χ1) is 12.4. The van der Waals surface area contributed by atoms with Crippen LogP contribution >= 0.6 is 24.0 Å². The van der Waals surface area contributed by atoms with Crippen molar-refractivity contribution in [1.29, 1.82) is 0 Å². The van der Waals surface area contributed by atoms with Crippen molar-refractivity contribution in [3.63, 3.8) is 0 Å². The van der Waals surface area contributed by atoms with Crippen LogP contribution in [0.25, 0.3) is 6.08 Å². The van der Waals surface area contributed by atoms with Gasteiger partial charge in [0.05, 0.1) is 21.1 Å². The van der Waals surface area contributed by atoms with Crippen LogP contribution < -0.4 is 4.90 Å². The van der Waals surface area contributed by atoms with Crippen LogP contribution in [-0.2, 0) is 4.79 Å². The lowest BCUT2D eigenvalue weighted by Gasteiger charge is -2.14. The molecule has 7 nitrogen and oxygen atoms in total. The molecule has 130 valence electrons. The number of carbonyl (C=O) groups is 2. The third-order valence-corrected chi connectivity index (χ3v) is 4.87. The van der Waals surface area contributed by atoms with Gasteiger partial charge in [0.25, 0.3) is 11.6 Å². The van der Waals surface area contributed by atoms with Gasteiger partial charge in [-0.15, -0.1) is 0 Å². The Morgan fingerprint density at radius 3 is 2.31 bits per heavy atom. The smallest absolute Gasteiger partial charge is 0.335 e. The van der Waals surface area contributed by atoms with Crippen molar-refractivity contribution >= 4 is 57.6 Å². The number of thioether (sulfide) groups is 1. The van der Waals surface area contributed by atoms with Crippen LogP contribution in [0, 0.1) is 10.1 Å². The van der Waals surface area contributed by atoms with E-state index < -0.39 is 10.9 Å². The highest BCUT2D eigenvalue weighted by Crippen LogP contribution is 2.36. The monoisotopic (exact) mass is 386 g/mol. The summed E-state index contributed by atoms with van der Waals surface area (Å²) in [6.45, 7) is 0. The number of non-ortho nitro benzene ring substituents is 1. The summed E-state index contributed by atoms with van der Waals surface area (Å²) in [6.07, 6.45) is 1.61. The van der Waals surface area contributed by atoms with Crippen molar-refractivity contribution in [2.45, 2.75) is 0 Å². The summed E-state index contributed by atoms with van der Waals surface area (Å²) in [5.74, 6) is -1.39. The molecule has 1 amide bonds. The van der Waals surface area contributed by atoms with Crippen molar-refractivity contribution in [3.05, 3.63) is 74.7 Å². The quantitative estimate of drug-likeness (QED) is 0.370. The number of carboxylic acid groups (broad SMARTS) is 1. The Kier molecular flexibility index (Phi) is 4.83. The molecule has 3 rings (SSSR count). The molecule has 0 saturated carbocycles. The first-order valence-corrected chi connectivity index (χ1v) is 8.45. The lowest BCUT2D eigenvalue weighted by molar-refractivity contribution is -0.384. The molecule has 0 aliphatic carbocycles. The van der Waals surface area contributed by atoms with E-state index in [4.69, 9.17) is 17.3 Å². The molecule has 0 aromatic heterocycles. The van der Waals surface area contributed by atoms with E-state index in [0.717, 1.165) is 11.8 Å². The molecule has 1 saturated heterocycles. The number of amides is 1. The van der Waals surface area contributed by atoms with Gasteiger partial charge in [-0.1, -0.05) is 24.0 Å². The number of carbonyl (C=O) groups excluding carboxylic acids is 1. The number of rotatable bonds is 4. The Labute approximate surface area is 157 Å². The first kappa shape index (κ1) is 17.8. The van der Waals surface area contributed by atoms with Gasteiger partial charge in [0.15, 0.2) is 4.32 Å². The van der Waals surface area contributed by atoms with Crippen LogP contribution in [0.3, 0.4) is 0 Å². The molecule has 0 atom stereocenters. The minimum atomic E-state index is -1.06. The molecule has 9 heteroatoms. The SMILES string of the molecule is O=C(O)c1ccc(N2C(=O)/C(=C\c3ccc([N+](=O)[O-])cc3)SC2=S)cc1. The minimum absolute atomic E-state index is 0.0341. The predicted octanol–water partition coefficient (Wildman–Crippen LogP) is 3.70. The van der Waals surface area contributed by atoms with E-state index in [-0.39, 0.29) is 17.2 Å². The third-order valence-electron chi connectivity index (χ3n) is 3.57. The van der Waals surface area contributed by atoms with Gasteiger partial charge in [0.1, 0.15) is 0 Å². The third kappa shape index (κ3) is 3.48. The number of thiocarbonyl (C=S) groups is 1. The molecular formula is C17H10N2O5S2. The van der Waals surface area contributed by atoms with Crippen molar-refractivity contribution < 1.29 is 19.6 Å². The molecule has 1 heterocycles. The topological polar surface area (TPSA) is 101 Å². The van der Waals surface area contributed by atoms with Gasteiger partial charge in [-0.2, -0.15) is 0 Å². The van der Waals surface area contributed by atoms with E-state index >= 15 is 0 Å². The number of anilines is 1. The Morgan fingerprint density at radius 1 is 1.15 bits per heavy atom. The van der Waals surface area contributed by atoms with Crippen LogP contribution in [0.5, 0.6) is 0 Å². The number of hydrogen-bond donors (Lipinski definition) is 1.